The van der Waals surface area contributed by atoms with Crippen LogP contribution in [0, 0.1) is 25.7 Å². The number of hydrogen-bond acceptors (Lipinski definition) is 5. The van der Waals surface area contributed by atoms with Gasteiger partial charge in [0.15, 0.2) is 0 Å². The summed E-state index contributed by atoms with van der Waals surface area (Å²) in [6, 6.07) is 13.7. The van der Waals surface area contributed by atoms with E-state index in [0.717, 1.165) is 16.8 Å². The Kier molecular flexibility index (Phi) is 8.38. The summed E-state index contributed by atoms with van der Waals surface area (Å²) in [5.74, 6) is -2.50. The van der Waals surface area contributed by atoms with Crippen molar-refractivity contribution in [3.05, 3.63) is 85.0 Å². The minimum Gasteiger partial charge on any atom is -0.394 e. The van der Waals surface area contributed by atoms with Gasteiger partial charge in [-0.05, 0) is 69.4 Å². The minimum atomic E-state index is -1.21. The summed E-state index contributed by atoms with van der Waals surface area (Å²) in [5.41, 5.74) is 1.22. The lowest BCUT2D eigenvalue weighted by Gasteiger charge is -2.39. The van der Waals surface area contributed by atoms with Gasteiger partial charge in [0.2, 0.25) is 11.8 Å². The number of anilines is 2. The highest BCUT2D eigenvalue weighted by atomic mass is 16.5. The molecule has 0 radical (unpaired) electrons. The molecule has 3 aliphatic heterocycles. The van der Waals surface area contributed by atoms with E-state index < -0.39 is 35.1 Å². The van der Waals surface area contributed by atoms with Crippen molar-refractivity contribution < 1.29 is 24.2 Å². The van der Waals surface area contributed by atoms with Gasteiger partial charge in [-0.25, -0.2) is 0 Å². The van der Waals surface area contributed by atoms with E-state index in [1.54, 1.807) is 26.9 Å². The number of aliphatic hydroxyl groups excluding tert-OH is 1. The Bertz CT molecular complexity index is 1420. The Labute approximate surface area is 254 Å². The fourth-order valence-electron chi connectivity index (χ4n) is 7.65. The second-order valence-electron chi connectivity index (χ2n) is 12.3. The highest BCUT2D eigenvalue weighted by molar-refractivity contribution is 6.07. The second kappa shape index (κ2) is 11.7. The number of benzene rings is 2. The second-order valence-corrected chi connectivity index (χ2v) is 12.3. The van der Waals surface area contributed by atoms with E-state index in [1.807, 2.05) is 76.2 Å². The van der Waals surface area contributed by atoms with Crippen LogP contribution in [0.15, 0.2) is 73.8 Å². The van der Waals surface area contributed by atoms with Crippen molar-refractivity contribution in [3.8, 4) is 0 Å². The monoisotopic (exact) mass is 585 g/mol. The Hall–Kier alpha value is -3.75. The molecule has 1 spiro atoms. The van der Waals surface area contributed by atoms with Gasteiger partial charge in [-0.3, -0.25) is 14.4 Å². The number of amides is 3. The van der Waals surface area contributed by atoms with Crippen LogP contribution in [-0.2, 0) is 19.1 Å². The van der Waals surface area contributed by atoms with Crippen LogP contribution in [-0.4, -0.2) is 70.7 Å². The van der Waals surface area contributed by atoms with Gasteiger partial charge in [-0.2, -0.15) is 0 Å². The van der Waals surface area contributed by atoms with Crippen molar-refractivity contribution in [1.29, 1.82) is 0 Å². The van der Waals surface area contributed by atoms with Crippen LogP contribution in [0.4, 0.5) is 11.4 Å². The van der Waals surface area contributed by atoms with Gasteiger partial charge in [0.25, 0.3) is 5.91 Å². The molecule has 8 nitrogen and oxygen atoms in total. The standard InChI is InChI=1S/C35H43N3O5/c1-7-19-36(26-13-11-10-12-14-26)31(40)28-29-32(41)38(25(9-3)22-39)30(35(29)18-17-34(28,6)43-35)33(42)37(20-8-2)27-21-23(4)15-16-24(27)5/h7-8,10-16,21,25,28-30,39H,1-2,9,17-20,22H2,3-6H3/t25-,28-,29-,30?,34+,35?/m0/s1. The number of hydrogen-bond donors (Lipinski definition) is 1. The van der Waals surface area contributed by atoms with E-state index in [9.17, 15) is 19.5 Å². The van der Waals surface area contributed by atoms with E-state index in [1.165, 1.54) is 0 Å². The third kappa shape index (κ3) is 4.81. The summed E-state index contributed by atoms with van der Waals surface area (Å²) in [6.07, 6.45) is 4.78. The lowest BCUT2D eigenvalue weighted by atomic mass is 9.66. The molecule has 1 N–H and O–H groups in total. The maximum absolute atomic E-state index is 14.9. The van der Waals surface area contributed by atoms with Crippen molar-refractivity contribution in [3.63, 3.8) is 0 Å². The van der Waals surface area contributed by atoms with Gasteiger partial charge in [0.05, 0.1) is 30.1 Å². The molecular weight excluding hydrogens is 542 g/mol. The molecule has 2 unspecified atom stereocenters. The van der Waals surface area contributed by atoms with Crippen LogP contribution in [0.25, 0.3) is 0 Å². The lowest BCUT2D eigenvalue weighted by Crippen LogP contribution is -2.59. The number of nitrogens with zero attached hydrogens (tertiary/aromatic N) is 3. The predicted octanol–water partition coefficient (Wildman–Crippen LogP) is 4.58. The summed E-state index contributed by atoms with van der Waals surface area (Å²) in [5, 5.41) is 10.4. The zero-order chi connectivity index (χ0) is 31.1. The number of carbonyl (C=O) groups excluding carboxylic acids is 3. The number of likely N-dealkylation sites (tertiary alicyclic amines) is 1. The van der Waals surface area contributed by atoms with Crippen molar-refractivity contribution in [2.75, 3.05) is 29.5 Å². The molecule has 0 aromatic heterocycles. The molecule has 5 rings (SSSR count). The molecule has 0 aliphatic carbocycles. The van der Waals surface area contributed by atoms with E-state index in [4.69, 9.17) is 4.74 Å². The molecule has 3 amide bonds. The molecule has 6 atom stereocenters. The Morgan fingerprint density at radius 1 is 1.07 bits per heavy atom. The van der Waals surface area contributed by atoms with Crippen molar-refractivity contribution in [2.45, 2.75) is 70.2 Å². The van der Waals surface area contributed by atoms with E-state index in [-0.39, 0.29) is 37.4 Å². The predicted molar refractivity (Wildman–Crippen MR) is 168 cm³/mol. The first-order valence-electron chi connectivity index (χ1n) is 15.2. The van der Waals surface area contributed by atoms with Crippen LogP contribution in [0.2, 0.25) is 0 Å². The van der Waals surface area contributed by atoms with Gasteiger partial charge in [0.1, 0.15) is 11.6 Å². The molecule has 2 aromatic carbocycles. The van der Waals surface area contributed by atoms with Gasteiger partial charge in [0, 0.05) is 24.5 Å². The smallest absolute Gasteiger partial charge is 0.253 e. The number of fused-ring (bicyclic) bond motifs is 1. The van der Waals surface area contributed by atoms with Crippen molar-refractivity contribution >= 4 is 29.1 Å². The SMILES string of the molecule is C=CCN(C(=O)[C@@H]1[C@H]2C(=O)N([C@@H](CC)CO)C(C(=O)N(CC=C)c3cc(C)ccc3C)C23CC[C@@]1(C)O3)c1ccccc1. The molecule has 3 heterocycles. The van der Waals surface area contributed by atoms with Crippen molar-refractivity contribution in [1.82, 2.24) is 4.90 Å². The summed E-state index contributed by atoms with van der Waals surface area (Å²) < 4.78 is 6.87. The molecule has 3 aliphatic rings. The van der Waals surface area contributed by atoms with Gasteiger partial charge in [-0.1, -0.05) is 49.4 Å². The topological polar surface area (TPSA) is 90.4 Å². The highest BCUT2D eigenvalue weighted by Gasteiger charge is 2.79. The maximum atomic E-state index is 14.9. The van der Waals surface area contributed by atoms with Gasteiger partial charge < -0.3 is 24.5 Å². The first kappa shape index (κ1) is 30.7. The first-order valence-corrected chi connectivity index (χ1v) is 15.2. The number of aliphatic hydroxyl groups is 1. The third-order valence-electron chi connectivity index (χ3n) is 9.67. The number of aryl methyl sites for hydroxylation is 2. The third-order valence-corrected chi connectivity index (χ3v) is 9.67. The average molecular weight is 586 g/mol. The zero-order valence-electron chi connectivity index (χ0n) is 25.7. The quantitative estimate of drug-likeness (QED) is 0.390. The van der Waals surface area contributed by atoms with Crippen LogP contribution >= 0.6 is 0 Å². The molecule has 3 fully saturated rings. The molecule has 8 heteroatoms. The molecular formula is C35H43N3O5. The van der Waals surface area contributed by atoms with Crippen molar-refractivity contribution in [2.24, 2.45) is 11.8 Å². The zero-order valence-corrected chi connectivity index (χ0v) is 25.7. The molecule has 2 bridgehead atoms. The van der Waals surface area contributed by atoms with Crippen LogP contribution in [0.5, 0.6) is 0 Å². The maximum Gasteiger partial charge on any atom is 0.253 e. The minimum absolute atomic E-state index is 0.226. The molecule has 43 heavy (non-hydrogen) atoms. The first-order chi connectivity index (χ1) is 20.6. The fraction of sp³-hybridized carbons (Fsp3) is 0.457. The highest BCUT2D eigenvalue weighted by Crippen LogP contribution is 2.64. The van der Waals surface area contributed by atoms with E-state index in [0.29, 0.717) is 24.9 Å². The number of para-hydroxylation sites is 1. The molecule has 0 saturated carbocycles. The Balaban J connectivity index is 1.64. The summed E-state index contributed by atoms with van der Waals surface area (Å²) in [7, 11) is 0. The normalized spacial score (nSPS) is 28.0. The number of rotatable bonds is 11. The summed E-state index contributed by atoms with van der Waals surface area (Å²) >= 11 is 0. The van der Waals surface area contributed by atoms with E-state index >= 15 is 0 Å². The number of ether oxygens (including phenoxy) is 1. The summed E-state index contributed by atoms with van der Waals surface area (Å²) in [6.45, 7) is 15.7. The fourth-order valence-corrected chi connectivity index (χ4v) is 7.65. The van der Waals surface area contributed by atoms with Crippen LogP contribution < -0.4 is 9.80 Å². The number of carbonyl (C=O) groups is 3. The average Bonchev–Trinajstić information content (AvgIpc) is 3.57. The largest absolute Gasteiger partial charge is 0.394 e. The van der Waals surface area contributed by atoms with Crippen LogP contribution in [0.3, 0.4) is 0 Å². The molecule has 3 saturated heterocycles. The van der Waals surface area contributed by atoms with Crippen LogP contribution in [0.1, 0.15) is 44.2 Å². The van der Waals surface area contributed by atoms with Gasteiger partial charge in [-0.15, -0.1) is 13.2 Å². The molecule has 2 aromatic rings. The Morgan fingerprint density at radius 3 is 2.37 bits per heavy atom. The lowest BCUT2D eigenvalue weighted by molar-refractivity contribution is -0.148. The van der Waals surface area contributed by atoms with Gasteiger partial charge >= 0.3 is 0 Å². The summed E-state index contributed by atoms with van der Waals surface area (Å²) in [4.78, 5) is 48.9. The Morgan fingerprint density at radius 2 is 1.74 bits per heavy atom. The molecule has 228 valence electrons. The van der Waals surface area contributed by atoms with E-state index in [2.05, 4.69) is 13.2 Å².